The first kappa shape index (κ1) is 76.9. The number of rotatable bonds is 35. The number of aromatic nitrogens is 2. The Labute approximate surface area is 580 Å². The van der Waals surface area contributed by atoms with Gasteiger partial charge in [0.1, 0.15) is 66.5 Å². The highest BCUT2D eigenvalue weighted by Gasteiger charge is 2.38. The zero-order valence-electron chi connectivity index (χ0n) is 55.7. The molecule has 4 heterocycles. The van der Waals surface area contributed by atoms with Crippen molar-refractivity contribution < 1.29 is 82.3 Å². The number of hydrogen-bond acceptors (Lipinski definition) is 19. The summed E-state index contributed by atoms with van der Waals surface area (Å²) in [6, 6.07) is 8.23. The molecule has 100 heavy (non-hydrogen) atoms. The molecule has 0 saturated heterocycles. The predicted molar refractivity (Wildman–Crippen MR) is 368 cm³/mol. The van der Waals surface area contributed by atoms with Crippen LogP contribution in [0.15, 0.2) is 101 Å². The van der Waals surface area contributed by atoms with E-state index in [1.54, 1.807) is 67.0 Å². The monoisotopic (exact) mass is 1410 g/mol. The van der Waals surface area contributed by atoms with Crippen LogP contribution in [0.2, 0.25) is 0 Å². The Kier molecular flexibility index (Phi) is 28.9. The van der Waals surface area contributed by atoms with Gasteiger partial charge in [-0.05, 0) is 81.2 Å². The van der Waals surface area contributed by atoms with Gasteiger partial charge in [-0.2, -0.15) is 12.6 Å². The van der Waals surface area contributed by atoms with Gasteiger partial charge in [0.2, 0.25) is 76.8 Å². The van der Waals surface area contributed by atoms with Crippen LogP contribution in [-0.4, -0.2) is 213 Å². The molecule has 0 aliphatic carbocycles. The number of aliphatic hydroxyl groups excluding tert-OH is 2. The van der Waals surface area contributed by atoms with Gasteiger partial charge in [0.25, 0.3) is 0 Å². The van der Waals surface area contributed by atoms with Gasteiger partial charge < -0.3 is 93.7 Å². The van der Waals surface area contributed by atoms with E-state index in [2.05, 4.69) is 85.7 Å². The van der Waals surface area contributed by atoms with Crippen LogP contribution in [0, 0.1) is 0 Å². The zero-order valence-corrected chi connectivity index (χ0v) is 56.6. The van der Waals surface area contributed by atoms with Crippen LogP contribution in [0.1, 0.15) is 88.8 Å². The van der Waals surface area contributed by atoms with E-state index < -0.39 is 163 Å². The van der Waals surface area contributed by atoms with Crippen LogP contribution in [-0.2, 0) is 86.3 Å². The molecule has 33 heteroatoms. The van der Waals surface area contributed by atoms with Gasteiger partial charge in [-0.3, -0.25) is 57.5 Å². The van der Waals surface area contributed by atoms with Crippen molar-refractivity contribution in [1.82, 2.24) is 63.1 Å². The lowest BCUT2D eigenvalue weighted by Gasteiger charge is -2.28. The van der Waals surface area contributed by atoms with Crippen LogP contribution in [0.25, 0.3) is 21.8 Å². The van der Waals surface area contributed by atoms with Crippen molar-refractivity contribution in [2.75, 3.05) is 32.6 Å². The number of thiol groups is 1. The number of carboxylic acids is 1. The number of H-pyrrole nitrogens is 2. The molecule has 0 fully saturated rings. The Morgan fingerprint density at radius 1 is 0.570 bits per heavy atom. The van der Waals surface area contributed by atoms with Crippen LogP contribution < -0.4 is 58.9 Å². The maximum absolute atomic E-state index is 14.4. The quantitative estimate of drug-likeness (QED) is 0.0203. The van der Waals surface area contributed by atoms with Crippen LogP contribution >= 0.6 is 12.6 Å². The number of ether oxygens (including phenoxy) is 2. The number of aliphatic imine (C=N–C) groups is 2. The number of carbonyl (C=O) groups is 12. The predicted octanol–water partition coefficient (Wildman–Crippen LogP) is -1.59. The van der Waals surface area contributed by atoms with E-state index in [4.69, 9.17) is 15.2 Å². The molecule has 2 aliphatic heterocycles. The number of carbonyl (C=O) groups excluding carboxylic acids is 11. The van der Waals surface area contributed by atoms with E-state index in [1.165, 1.54) is 27.8 Å². The molecule has 3 aromatic carbocycles. The van der Waals surface area contributed by atoms with Crippen LogP contribution in [0.4, 0.5) is 0 Å². The maximum Gasteiger partial charge on any atom is 0.303 e. The van der Waals surface area contributed by atoms with Crippen molar-refractivity contribution in [1.29, 1.82) is 0 Å². The molecule has 2 aromatic heterocycles. The standard InChI is InChI=1S/C67H87N15O17S/c1-35(72-59(91)45-20-12-27-99-67(81-45)53(34-100)79-60(92)46-21-13-26-98-66(80-46)48(22-24-54(68)86)75-62(94)50(73-37(3)85)29-39-31-70-43-18-10-8-16-41(39)43)57(89)74-47(23-25-55(87)88)61(93)78-52(33-83)64(96)76-51(30-40-32-71-44-19-11-9-17-42(40)44)63(95)82-56(36(2)84)65(97)77-49(58(90)69-4)28-38-14-6-5-7-15-38/h5-11,14-19,31-32,35-36,45-53,56,70-71,83-84,100H,12-13,20-30,33-34H2,1-4H3,(H2,68,86)(H,69,90)(H,72,91)(H,73,85)(H,74,89)(H,75,94)(H,76,96)(H,77,97)(H,78,93)(H,79,92)(H,82,95)(H,87,88)/t35-,36?,45-,46-,47-,48-,49-,50-,51-,52-,53-,56-/m0/s1. The first-order valence-corrected chi connectivity index (χ1v) is 33.4. The number of aromatic amines is 2. The summed E-state index contributed by atoms with van der Waals surface area (Å²) in [6.45, 7) is 2.80. The highest BCUT2D eigenvalue weighted by Crippen LogP contribution is 2.23. The molecule has 17 N–H and O–H groups in total. The minimum Gasteiger partial charge on any atom is -0.481 e. The third-order valence-corrected chi connectivity index (χ3v) is 17.0. The van der Waals surface area contributed by atoms with Gasteiger partial charge in [0.15, 0.2) is 0 Å². The normalized spacial score (nSPS) is 17.5. The molecule has 0 saturated carbocycles. The number of amides is 11. The molecule has 2 aliphatic rings. The molecule has 0 radical (unpaired) electrons. The fraction of sp³-hybridized carbons (Fsp3) is 0.463. The van der Waals surface area contributed by atoms with Crippen molar-refractivity contribution in [3.63, 3.8) is 0 Å². The molecule has 32 nitrogen and oxygen atoms in total. The van der Waals surface area contributed by atoms with E-state index >= 15 is 0 Å². The van der Waals surface area contributed by atoms with E-state index in [1.807, 2.05) is 24.3 Å². The van der Waals surface area contributed by atoms with Crippen LogP contribution in [0.5, 0.6) is 0 Å². The topological polar surface area (TPSA) is 487 Å². The third kappa shape index (κ3) is 22.3. The molecule has 1 unspecified atom stereocenters. The Balaban J connectivity index is 1.00. The Bertz CT molecular complexity index is 3810. The van der Waals surface area contributed by atoms with Gasteiger partial charge in [-0.1, -0.05) is 66.7 Å². The molecular weight excluding hydrogens is 1320 g/mol. The SMILES string of the molecule is CNC(=O)[C@H](Cc1ccccc1)NC(=O)[C@@H](NC(=O)[C@H](Cc1c[nH]c2ccccc12)NC(=O)[C@H](CO)NC(=O)[C@H](CCC(=O)O)NC(=O)[C@H](C)NC(=O)[C@@H]1CCCOC([C@H](CS)NC(=O)[C@@H]2CCCOC([C@H](CCC(N)=O)NC(=O)[C@H](Cc3c[nH]c4ccccc34)NC(C)=O)=N2)=N1)C(C)O. The number of likely N-dealkylation sites (N-methyl/N-ethyl adjacent to an activating group) is 1. The molecule has 5 aromatic rings. The number of nitrogens with two attached hydrogens (primary N) is 1. The van der Waals surface area contributed by atoms with E-state index in [-0.39, 0.29) is 82.1 Å². The van der Waals surface area contributed by atoms with Crippen molar-refractivity contribution in [3.05, 3.63) is 108 Å². The van der Waals surface area contributed by atoms with E-state index in [9.17, 15) is 72.9 Å². The third-order valence-electron chi connectivity index (χ3n) is 16.6. The Morgan fingerprint density at radius 3 is 1.60 bits per heavy atom. The number of nitrogens with one attached hydrogen (secondary N) is 12. The number of para-hydroxylation sites is 2. The van der Waals surface area contributed by atoms with Crippen LogP contribution in [0.3, 0.4) is 0 Å². The molecule has 538 valence electrons. The van der Waals surface area contributed by atoms with Gasteiger partial charge in [-0.15, -0.1) is 0 Å². The lowest BCUT2D eigenvalue weighted by Crippen LogP contribution is -2.62. The summed E-state index contributed by atoms with van der Waals surface area (Å²) in [7, 11) is 1.37. The number of carboxylic acid groups (broad SMARTS) is 1. The lowest BCUT2D eigenvalue weighted by molar-refractivity contribution is -0.139. The number of hydrogen-bond donors (Lipinski definition) is 17. The molecular formula is C67H87N15O17S. The summed E-state index contributed by atoms with van der Waals surface area (Å²) in [5.74, 6) is -10.7. The van der Waals surface area contributed by atoms with Gasteiger partial charge in [0, 0.05) is 86.0 Å². The van der Waals surface area contributed by atoms with Crippen molar-refractivity contribution in [2.24, 2.45) is 15.7 Å². The van der Waals surface area contributed by atoms with Gasteiger partial charge >= 0.3 is 5.97 Å². The highest BCUT2D eigenvalue weighted by molar-refractivity contribution is 7.80. The Morgan fingerprint density at radius 2 is 1.06 bits per heavy atom. The summed E-state index contributed by atoms with van der Waals surface area (Å²) in [5.41, 5.74) is 8.97. The minimum absolute atomic E-state index is 0.0461. The fourth-order valence-corrected chi connectivity index (χ4v) is 11.5. The van der Waals surface area contributed by atoms with E-state index in [0.29, 0.717) is 28.5 Å². The maximum atomic E-state index is 14.4. The van der Waals surface area contributed by atoms with Crippen molar-refractivity contribution in [2.45, 2.75) is 164 Å². The largest absolute Gasteiger partial charge is 0.481 e. The number of nitrogens with zero attached hydrogens (tertiary/aromatic N) is 2. The number of aliphatic hydroxyl groups is 2. The Hall–Kier alpha value is -10.4. The second-order valence-corrected chi connectivity index (χ2v) is 24.6. The molecule has 7 rings (SSSR count). The van der Waals surface area contributed by atoms with Gasteiger partial charge in [0.05, 0.1) is 25.9 Å². The second-order valence-electron chi connectivity index (χ2n) is 24.3. The van der Waals surface area contributed by atoms with Crippen molar-refractivity contribution in [3.8, 4) is 0 Å². The molecule has 0 bridgehead atoms. The zero-order chi connectivity index (χ0) is 72.6. The minimum atomic E-state index is -1.86. The van der Waals surface area contributed by atoms with E-state index in [0.717, 1.165) is 16.5 Å². The lowest BCUT2D eigenvalue weighted by atomic mass is 10.0. The summed E-state index contributed by atoms with van der Waals surface area (Å²) in [5, 5.41) is 58.3. The summed E-state index contributed by atoms with van der Waals surface area (Å²) >= 11 is 4.46. The number of aliphatic carboxylic acids is 1. The molecule has 11 amide bonds. The number of fused-ring (bicyclic) bond motifs is 2. The molecule has 12 atom stereocenters. The summed E-state index contributed by atoms with van der Waals surface area (Å²) in [4.78, 5) is 177. The highest BCUT2D eigenvalue weighted by atomic mass is 32.1. The average molecular weight is 1410 g/mol. The number of primary amides is 1. The van der Waals surface area contributed by atoms with Gasteiger partial charge in [-0.25, -0.2) is 9.98 Å². The average Bonchev–Trinajstić information content (AvgIpc) is 1.34. The summed E-state index contributed by atoms with van der Waals surface area (Å²) < 4.78 is 11.9. The fourth-order valence-electron chi connectivity index (χ4n) is 11.3. The number of benzene rings is 3. The summed E-state index contributed by atoms with van der Waals surface area (Å²) in [6.07, 6.45) is 0.975. The second kappa shape index (κ2) is 37.5. The van der Waals surface area contributed by atoms with Crippen molar-refractivity contribution >= 4 is 117 Å². The first-order valence-electron chi connectivity index (χ1n) is 32.7. The smallest absolute Gasteiger partial charge is 0.303 e. The molecule has 0 spiro atoms. The first-order chi connectivity index (χ1) is 47.9.